The van der Waals surface area contributed by atoms with Gasteiger partial charge >= 0.3 is 10.5 Å². The number of halogens is 1. The van der Waals surface area contributed by atoms with E-state index in [1.54, 1.807) is 7.11 Å². The summed E-state index contributed by atoms with van der Waals surface area (Å²) >= 11 is 0. The van der Waals surface area contributed by atoms with Crippen LogP contribution in [0.25, 0.3) is 0 Å². The van der Waals surface area contributed by atoms with Gasteiger partial charge in [0.2, 0.25) is 0 Å². The van der Waals surface area contributed by atoms with Gasteiger partial charge in [-0.05, 0) is 12.8 Å². The summed E-state index contributed by atoms with van der Waals surface area (Å²) in [6.07, 6.45) is 6.21. The summed E-state index contributed by atoms with van der Waals surface area (Å²) in [5, 5.41) is 7.41. The van der Waals surface area contributed by atoms with E-state index in [0.29, 0.717) is 11.8 Å². The summed E-state index contributed by atoms with van der Waals surface area (Å²) in [6.45, 7) is 0. The Balaban J connectivity index is 0.000000336. The molecule has 15 heavy (non-hydrogen) atoms. The van der Waals surface area contributed by atoms with Crippen LogP contribution in [-0.2, 0) is 15.2 Å². The molecule has 1 saturated carbocycles. The summed E-state index contributed by atoms with van der Waals surface area (Å²) in [6, 6.07) is 0. The zero-order chi connectivity index (χ0) is 11.9. The van der Waals surface area contributed by atoms with Gasteiger partial charge in [-0.2, -0.15) is 8.42 Å². The second-order valence-corrected chi connectivity index (χ2v) is 4.14. The van der Waals surface area contributed by atoms with E-state index in [1.165, 1.54) is 19.3 Å². The van der Waals surface area contributed by atoms with Crippen LogP contribution < -0.4 is 0 Å². The van der Waals surface area contributed by atoms with E-state index in [-0.39, 0.29) is 0 Å². The smallest absolute Gasteiger partial charge is 0.435 e. The number of ether oxygens (including phenoxy) is 1. The topological polar surface area (TPSA) is 87.5 Å². The molecule has 0 spiro atoms. The zero-order valence-electron chi connectivity index (χ0n) is 8.57. The van der Waals surface area contributed by atoms with Crippen LogP contribution in [-0.4, -0.2) is 26.0 Å². The maximum absolute atomic E-state index is 10.2. The summed E-state index contributed by atoms with van der Waals surface area (Å²) in [5.41, 5.74) is 0. The van der Waals surface area contributed by atoms with Gasteiger partial charge in [0.05, 0.1) is 7.11 Å². The van der Waals surface area contributed by atoms with E-state index >= 15 is 0 Å². The van der Waals surface area contributed by atoms with Crippen molar-refractivity contribution >= 4 is 16.4 Å². The highest BCUT2D eigenvalue weighted by atomic mass is 32.3. The first-order valence-corrected chi connectivity index (χ1v) is 5.98. The Morgan fingerprint density at radius 1 is 1.40 bits per heavy atom. The van der Waals surface area contributed by atoms with Crippen molar-refractivity contribution in [3.05, 3.63) is 0 Å². The summed E-state index contributed by atoms with van der Waals surface area (Å²) in [4.78, 5) is 0. The highest BCUT2D eigenvalue weighted by Gasteiger charge is 2.17. The van der Waals surface area contributed by atoms with Crippen molar-refractivity contribution in [1.29, 1.82) is 5.41 Å². The second kappa shape index (κ2) is 6.73. The minimum absolute atomic E-state index is 0.429. The minimum atomic E-state index is -5.17. The van der Waals surface area contributed by atoms with Crippen LogP contribution in [0, 0.1) is 11.3 Å². The van der Waals surface area contributed by atoms with Crippen LogP contribution in [0.2, 0.25) is 0 Å². The van der Waals surface area contributed by atoms with Crippen molar-refractivity contribution in [3.63, 3.8) is 0 Å². The number of hydrogen-bond acceptors (Lipinski definition) is 4. The summed E-state index contributed by atoms with van der Waals surface area (Å²) < 4.78 is 39.0. The monoisotopic (exact) mass is 241 g/mol. The minimum Gasteiger partial charge on any atom is -0.484 e. The molecule has 1 aliphatic rings. The van der Waals surface area contributed by atoms with E-state index in [0.717, 1.165) is 12.8 Å². The molecule has 0 bridgehead atoms. The maximum atomic E-state index is 10.2. The fourth-order valence-electron chi connectivity index (χ4n) is 1.53. The van der Waals surface area contributed by atoms with Crippen molar-refractivity contribution < 1.29 is 21.6 Å². The van der Waals surface area contributed by atoms with E-state index < -0.39 is 10.5 Å². The van der Waals surface area contributed by atoms with Crippen LogP contribution in [0.4, 0.5) is 3.89 Å². The van der Waals surface area contributed by atoms with Gasteiger partial charge in [0.25, 0.3) is 0 Å². The largest absolute Gasteiger partial charge is 0.484 e. The van der Waals surface area contributed by atoms with Crippen molar-refractivity contribution in [2.75, 3.05) is 7.11 Å². The standard InChI is InChI=1S/C8H15NO.FHO3S/c1-10-8(9)7-5-3-2-4-6-7;1-5(2,3)4/h7,9H,2-6H2,1H3;(H,2,3,4). The summed E-state index contributed by atoms with van der Waals surface area (Å²) in [5.74, 6) is 0.915. The van der Waals surface area contributed by atoms with Gasteiger partial charge < -0.3 is 4.74 Å². The molecule has 0 aromatic rings. The lowest BCUT2D eigenvalue weighted by Gasteiger charge is -2.20. The summed E-state index contributed by atoms with van der Waals surface area (Å²) in [7, 11) is -3.57. The third-order valence-electron chi connectivity index (χ3n) is 2.20. The molecule has 0 atom stereocenters. The average Bonchev–Trinajstić information content (AvgIpc) is 2.15. The number of nitrogens with one attached hydrogen (secondary N) is 1. The van der Waals surface area contributed by atoms with Crippen molar-refractivity contribution in [3.8, 4) is 0 Å². The molecule has 0 radical (unpaired) electrons. The zero-order valence-corrected chi connectivity index (χ0v) is 9.39. The molecule has 0 amide bonds. The van der Waals surface area contributed by atoms with E-state index in [1.807, 2.05) is 0 Å². The van der Waals surface area contributed by atoms with Crippen LogP contribution in [0.1, 0.15) is 32.1 Å². The van der Waals surface area contributed by atoms with Gasteiger partial charge in [-0.15, -0.1) is 0 Å². The van der Waals surface area contributed by atoms with Gasteiger partial charge in [-0.3, -0.25) is 9.96 Å². The first-order chi connectivity index (χ1) is 6.84. The first-order valence-electron chi connectivity index (χ1n) is 4.64. The third-order valence-corrected chi connectivity index (χ3v) is 2.20. The third kappa shape index (κ3) is 9.61. The molecule has 7 heteroatoms. The van der Waals surface area contributed by atoms with Crippen molar-refractivity contribution in [2.24, 2.45) is 5.92 Å². The van der Waals surface area contributed by atoms with Crippen LogP contribution in [0.3, 0.4) is 0 Å². The van der Waals surface area contributed by atoms with Crippen molar-refractivity contribution in [2.45, 2.75) is 32.1 Å². The first kappa shape index (κ1) is 14.3. The lowest BCUT2D eigenvalue weighted by atomic mass is 9.89. The van der Waals surface area contributed by atoms with Gasteiger partial charge in [-0.25, -0.2) is 0 Å². The molecule has 90 valence electrons. The lowest BCUT2D eigenvalue weighted by molar-refractivity contribution is 0.323. The molecule has 0 unspecified atom stereocenters. The Morgan fingerprint density at radius 3 is 2.13 bits per heavy atom. The Morgan fingerprint density at radius 2 is 1.80 bits per heavy atom. The van der Waals surface area contributed by atoms with Gasteiger partial charge in [0.1, 0.15) is 0 Å². The molecule has 1 fully saturated rings. The molecular weight excluding hydrogens is 225 g/mol. The molecule has 1 aliphatic carbocycles. The Bertz CT molecular complexity index is 277. The van der Waals surface area contributed by atoms with Crippen molar-refractivity contribution in [1.82, 2.24) is 0 Å². The van der Waals surface area contributed by atoms with E-state index in [9.17, 15) is 3.89 Å². The Hall–Kier alpha value is -0.690. The van der Waals surface area contributed by atoms with Gasteiger partial charge in [0.15, 0.2) is 5.90 Å². The number of hydrogen-bond donors (Lipinski definition) is 2. The average molecular weight is 241 g/mol. The molecule has 0 heterocycles. The fraction of sp³-hybridized carbons (Fsp3) is 0.875. The highest BCUT2D eigenvalue weighted by Crippen LogP contribution is 2.24. The van der Waals surface area contributed by atoms with Gasteiger partial charge in [0, 0.05) is 5.92 Å². The predicted molar refractivity (Wildman–Crippen MR) is 54.0 cm³/mol. The molecule has 0 aliphatic heterocycles. The Labute approximate surface area is 89.2 Å². The van der Waals surface area contributed by atoms with Crippen LogP contribution in [0.5, 0.6) is 0 Å². The second-order valence-electron chi connectivity index (χ2n) is 3.32. The molecule has 0 aromatic carbocycles. The highest BCUT2D eigenvalue weighted by molar-refractivity contribution is 7.80. The Kier molecular flexibility index (Phi) is 6.42. The molecule has 2 N–H and O–H groups in total. The molecule has 5 nitrogen and oxygen atoms in total. The normalized spacial score (nSPS) is 17.5. The van der Waals surface area contributed by atoms with Gasteiger partial charge in [-0.1, -0.05) is 23.1 Å². The predicted octanol–water partition coefficient (Wildman–Crippen LogP) is 1.95. The molecule has 0 aromatic heterocycles. The molecule has 1 rings (SSSR count). The number of methoxy groups -OCH3 is 1. The lowest BCUT2D eigenvalue weighted by Crippen LogP contribution is -2.17. The molecule has 0 saturated heterocycles. The maximum Gasteiger partial charge on any atom is 0.435 e. The SMILES string of the molecule is COC(=N)C1CCCCC1.O=S(=O)(O)F. The fourth-order valence-corrected chi connectivity index (χ4v) is 1.53. The van der Waals surface area contributed by atoms with E-state index in [2.05, 4.69) is 0 Å². The van der Waals surface area contributed by atoms with E-state index in [4.69, 9.17) is 23.1 Å². The van der Waals surface area contributed by atoms with Crippen LogP contribution in [0.15, 0.2) is 0 Å². The quantitative estimate of drug-likeness (QED) is 0.318. The molecular formula is C8H16FNO4S. The van der Waals surface area contributed by atoms with Crippen LogP contribution >= 0.6 is 0 Å². The number of rotatable bonds is 1.